The molecule has 1 atom stereocenters. The van der Waals surface area contributed by atoms with E-state index in [2.05, 4.69) is 55.8 Å². The van der Waals surface area contributed by atoms with Crippen molar-refractivity contribution in [1.29, 1.82) is 0 Å². The van der Waals surface area contributed by atoms with E-state index in [1.54, 1.807) is 152 Å². The molecular weight excluding hydrogens is 1250 g/mol. The van der Waals surface area contributed by atoms with Crippen LogP contribution < -0.4 is 16.0 Å². The van der Waals surface area contributed by atoms with Crippen LogP contribution in [0.1, 0.15) is 125 Å². The molecule has 0 radical (unpaired) electrons. The van der Waals surface area contributed by atoms with Gasteiger partial charge in [0, 0.05) is 48.8 Å². The van der Waals surface area contributed by atoms with Gasteiger partial charge in [-0.15, -0.1) is 0 Å². The molecule has 3 amide bonds. The third kappa shape index (κ3) is 15.3. The van der Waals surface area contributed by atoms with Crippen molar-refractivity contribution in [1.82, 2.24) is 60.8 Å². The normalized spacial score (nSPS) is 12.2. The standard InChI is InChI=1S/C29H26N4O3S.C21H26N4O3S.C19H22N4O4S.H2/c1-19(2)37(35,36)23-15-13-20(14-16-23)25-18-31-28-27(32-25)24(17-30-28)29(34)33-26(21-9-5-3-6-10-21)22-11-7-4-8-12-22;1-5-15(6-2)24-21(26)17-11-22-20-19(17)25-18(12-23-20)14-7-9-16(10-8-14)29(27,28)13(3)4;1-11(2)28(26,27)14-6-4-13(5-7-14)16-9-21-18-17(23-16)15(8-20-18)19(25)22-12(3)10-24;/h3-19,26H,1-2H3,(H,30,31)(H,33,34);7-13,15H,5-6H2,1-4H3,(H,22,23)(H,24,26);4-9,11-12,24H,10H2,1-3H3,(H,20,21)(H,22,25);1H/t;;12-;/m..0./s1. The Morgan fingerprint density at radius 2 is 0.734 bits per heavy atom. The number of benzene rings is 5. The van der Waals surface area contributed by atoms with E-state index in [0.717, 1.165) is 29.5 Å². The molecule has 0 spiro atoms. The number of sulfone groups is 3. The van der Waals surface area contributed by atoms with Crippen LogP contribution in [0.15, 0.2) is 185 Å². The number of hydrogen-bond donors (Lipinski definition) is 7. The number of hydrogen-bond acceptors (Lipinski definition) is 16. The van der Waals surface area contributed by atoms with Gasteiger partial charge in [0.1, 0.15) is 16.6 Å². The Morgan fingerprint density at radius 1 is 0.436 bits per heavy atom. The van der Waals surface area contributed by atoms with E-state index in [1.807, 2.05) is 74.5 Å². The van der Waals surface area contributed by atoms with E-state index in [4.69, 9.17) is 10.1 Å². The van der Waals surface area contributed by atoms with Gasteiger partial charge < -0.3 is 36.0 Å². The minimum atomic E-state index is -3.37. The smallest absolute Gasteiger partial charge is 0.255 e. The summed E-state index contributed by atoms with van der Waals surface area (Å²) in [5, 5.41) is 16.4. The van der Waals surface area contributed by atoms with Gasteiger partial charge in [0.05, 0.1) is 95.4 Å². The second-order valence-electron chi connectivity index (χ2n) is 23.1. The fourth-order valence-corrected chi connectivity index (χ4v) is 13.0. The van der Waals surface area contributed by atoms with Gasteiger partial charge in [0.25, 0.3) is 17.7 Å². The number of aliphatic hydroxyl groups is 1. The Labute approximate surface area is 547 Å². The monoisotopic (exact) mass is 1330 g/mol. The summed E-state index contributed by atoms with van der Waals surface area (Å²) in [4.78, 5) is 75.1. The summed E-state index contributed by atoms with van der Waals surface area (Å²) in [5.41, 5.74) is 9.64. The lowest BCUT2D eigenvalue weighted by atomic mass is 9.98. The Kier molecular flexibility index (Phi) is 21.5. The molecule has 0 aliphatic heterocycles. The summed E-state index contributed by atoms with van der Waals surface area (Å²) >= 11 is 0. The molecule has 0 aliphatic rings. The molecule has 6 aromatic heterocycles. The van der Waals surface area contributed by atoms with Crippen molar-refractivity contribution >= 4 is 80.7 Å². The minimum absolute atomic E-state index is 0. The maximum atomic E-state index is 13.5. The van der Waals surface area contributed by atoms with Crippen LogP contribution in [0.5, 0.6) is 0 Å². The maximum Gasteiger partial charge on any atom is 0.255 e. The van der Waals surface area contributed by atoms with Crippen LogP contribution in [0, 0.1) is 0 Å². The summed E-state index contributed by atoms with van der Waals surface area (Å²) in [6.07, 6.45) is 11.2. The Balaban J connectivity index is 0.000000184. The van der Waals surface area contributed by atoms with Crippen molar-refractivity contribution in [2.75, 3.05) is 6.61 Å². The van der Waals surface area contributed by atoms with Gasteiger partial charge in [0.2, 0.25) is 0 Å². The van der Waals surface area contributed by atoms with Crippen LogP contribution in [-0.4, -0.2) is 127 Å². The summed E-state index contributed by atoms with van der Waals surface area (Å²) in [5.74, 6) is -0.832. The molecule has 11 aromatic rings. The second-order valence-corrected chi connectivity index (χ2v) is 30.6. The predicted molar refractivity (Wildman–Crippen MR) is 365 cm³/mol. The number of carbonyl (C=O) groups excluding carboxylic acids is 3. The van der Waals surface area contributed by atoms with Gasteiger partial charge in [-0.25, -0.2) is 55.2 Å². The van der Waals surface area contributed by atoms with E-state index in [-0.39, 0.29) is 58.6 Å². The number of carbonyl (C=O) groups is 3. The molecule has 22 nitrogen and oxygen atoms in total. The first-order chi connectivity index (χ1) is 44.8. The third-order valence-electron chi connectivity index (χ3n) is 15.7. The molecule has 25 heteroatoms. The third-order valence-corrected chi connectivity index (χ3v) is 22.2. The molecule has 0 fully saturated rings. The predicted octanol–water partition coefficient (Wildman–Crippen LogP) is 11.2. The largest absolute Gasteiger partial charge is 0.394 e. The molecular formula is C69H76N12O10S3. The quantitative estimate of drug-likeness (QED) is 0.0373. The number of aromatic nitrogens is 9. The van der Waals surface area contributed by atoms with Crippen LogP contribution in [0.3, 0.4) is 0 Å². The molecule has 11 rings (SSSR count). The highest BCUT2D eigenvalue weighted by Crippen LogP contribution is 2.29. The van der Waals surface area contributed by atoms with Crippen molar-refractivity contribution < 1.29 is 46.2 Å². The maximum absolute atomic E-state index is 13.5. The van der Waals surface area contributed by atoms with Crippen molar-refractivity contribution in [3.8, 4) is 33.8 Å². The average molecular weight is 1330 g/mol. The highest BCUT2D eigenvalue weighted by Gasteiger charge is 2.26. The first kappa shape index (κ1) is 68.5. The summed E-state index contributed by atoms with van der Waals surface area (Å²) in [6, 6.07) is 38.5. The van der Waals surface area contributed by atoms with Crippen LogP contribution in [0.4, 0.5) is 0 Å². The zero-order valence-corrected chi connectivity index (χ0v) is 55.7. The lowest BCUT2D eigenvalue weighted by Crippen LogP contribution is -2.34. The van der Waals surface area contributed by atoms with E-state index >= 15 is 0 Å². The zero-order valence-electron chi connectivity index (χ0n) is 53.3. The number of nitrogens with zero attached hydrogens (tertiary/aromatic N) is 6. The van der Waals surface area contributed by atoms with Crippen molar-refractivity contribution in [3.05, 3.63) is 198 Å². The molecule has 490 valence electrons. The van der Waals surface area contributed by atoms with Crippen molar-refractivity contribution in [3.63, 3.8) is 0 Å². The van der Waals surface area contributed by atoms with E-state index < -0.39 is 45.3 Å². The SMILES string of the molecule is CC(C)S(=O)(=O)c1ccc(-c2cnc3[nH]cc(C(=O)NC(c4ccccc4)c4ccccc4)c3n2)cc1.CC(C)S(=O)(=O)c1ccc(-c2cnc3[nH]cc(C(=O)N[C@@H](C)CO)c3n2)cc1.CCC(CC)NC(=O)c1c[nH]c2ncc(-c3ccc(S(=O)(=O)C(C)C)cc3)nc12.[HH]. The number of amides is 3. The van der Waals surface area contributed by atoms with Crippen LogP contribution in [-0.2, 0) is 29.5 Å². The Bertz CT molecular complexity index is 4800. The zero-order chi connectivity index (χ0) is 67.6. The highest BCUT2D eigenvalue weighted by molar-refractivity contribution is 7.92. The number of aliphatic hydroxyl groups excluding tert-OH is 1. The van der Waals surface area contributed by atoms with Crippen molar-refractivity contribution in [2.24, 2.45) is 0 Å². The molecule has 5 aromatic carbocycles. The summed E-state index contributed by atoms with van der Waals surface area (Å²) in [7, 11) is -10.0. The fourth-order valence-electron chi connectivity index (χ4n) is 9.84. The number of fused-ring (bicyclic) bond motifs is 3. The molecule has 0 unspecified atom stereocenters. The van der Waals surface area contributed by atoms with Gasteiger partial charge in [-0.1, -0.05) is 111 Å². The van der Waals surface area contributed by atoms with E-state index in [0.29, 0.717) is 78.4 Å². The molecule has 94 heavy (non-hydrogen) atoms. The molecule has 7 N–H and O–H groups in total. The number of aromatic amines is 3. The first-order valence-corrected chi connectivity index (χ1v) is 35.2. The molecule has 0 aliphatic carbocycles. The van der Waals surface area contributed by atoms with Gasteiger partial charge in [-0.05, 0) is 109 Å². The van der Waals surface area contributed by atoms with E-state index in [1.165, 1.54) is 6.20 Å². The molecule has 0 saturated carbocycles. The van der Waals surface area contributed by atoms with E-state index in [9.17, 15) is 39.6 Å². The average Bonchev–Trinajstić information content (AvgIpc) is 1.83. The Hall–Kier alpha value is -9.82. The number of rotatable bonds is 20. The van der Waals surface area contributed by atoms with Gasteiger partial charge in [-0.2, -0.15) is 0 Å². The summed E-state index contributed by atoms with van der Waals surface area (Å²) in [6.45, 7) is 15.5. The lowest BCUT2D eigenvalue weighted by molar-refractivity contribution is 0.0919. The topological polar surface area (TPSA) is 335 Å². The minimum Gasteiger partial charge on any atom is -0.394 e. The van der Waals surface area contributed by atoms with Gasteiger partial charge in [-0.3, -0.25) is 14.4 Å². The van der Waals surface area contributed by atoms with Gasteiger partial charge in [0.15, 0.2) is 46.5 Å². The number of H-pyrrole nitrogens is 3. The molecule has 0 bridgehead atoms. The number of nitrogens with one attached hydrogen (secondary N) is 6. The van der Waals surface area contributed by atoms with Crippen molar-refractivity contribution in [2.45, 2.75) is 124 Å². The summed E-state index contributed by atoms with van der Waals surface area (Å²) < 4.78 is 74.0. The first-order valence-electron chi connectivity index (χ1n) is 30.5. The van der Waals surface area contributed by atoms with Crippen LogP contribution in [0.2, 0.25) is 0 Å². The van der Waals surface area contributed by atoms with Gasteiger partial charge >= 0.3 is 0 Å². The fraction of sp³-hybridized carbons (Fsp3) is 0.261. The lowest BCUT2D eigenvalue weighted by Gasteiger charge is -2.19. The highest BCUT2D eigenvalue weighted by atomic mass is 32.2. The van der Waals surface area contributed by atoms with Crippen LogP contribution >= 0.6 is 0 Å². The second kappa shape index (κ2) is 29.4. The Morgan fingerprint density at radius 3 is 1.02 bits per heavy atom. The molecule has 6 heterocycles. The molecule has 0 saturated heterocycles. The van der Waals surface area contributed by atoms with Crippen LogP contribution in [0.25, 0.3) is 67.3 Å².